The summed E-state index contributed by atoms with van der Waals surface area (Å²) in [5, 5.41) is 8.46. The summed E-state index contributed by atoms with van der Waals surface area (Å²) in [6.07, 6.45) is 0. The van der Waals surface area contributed by atoms with Gasteiger partial charge in [0.05, 0.1) is 0 Å². The lowest BCUT2D eigenvalue weighted by Gasteiger charge is -2.04. The minimum atomic E-state index is 0.745. The van der Waals surface area contributed by atoms with Gasteiger partial charge in [0.2, 0.25) is 0 Å². The zero-order chi connectivity index (χ0) is 37.9. The van der Waals surface area contributed by atoms with Crippen molar-refractivity contribution in [3.05, 3.63) is 182 Å². The molecule has 270 valence electrons. The van der Waals surface area contributed by atoms with E-state index in [1.54, 1.807) is 0 Å². The zero-order valence-electron chi connectivity index (χ0n) is 31.0. The van der Waals surface area contributed by atoms with Gasteiger partial charge >= 0.3 is 0 Å². The Kier molecular flexibility index (Phi) is 6.41. The molecule has 4 nitrogen and oxygen atoms in total. The van der Waals surface area contributed by atoms with E-state index in [-0.39, 0.29) is 0 Å². The van der Waals surface area contributed by atoms with Crippen molar-refractivity contribution in [2.75, 3.05) is 0 Å². The molecule has 58 heavy (non-hydrogen) atoms. The van der Waals surface area contributed by atoms with Crippen LogP contribution in [0.5, 0.6) is 0 Å². The first-order valence-electron chi connectivity index (χ1n) is 19.6. The fourth-order valence-corrected chi connectivity index (χ4v) is 9.08. The molecule has 0 aliphatic heterocycles. The first-order valence-corrected chi connectivity index (χ1v) is 19.6. The summed E-state index contributed by atoms with van der Waals surface area (Å²) in [4.78, 5) is 0. The molecule has 13 rings (SSSR count). The third kappa shape index (κ3) is 4.57. The van der Waals surface area contributed by atoms with Crippen LogP contribution < -0.4 is 0 Å². The Bertz CT molecular complexity index is 3530. The highest BCUT2D eigenvalue weighted by Gasteiger charge is 2.21. The van der Waals surface area contributed by atoms with E-state index in [1.165, 1.54) is 11.1 Å². The highest BCUT2D eigenvalue weighted by Crippen LogP contribution is 2.45. The van der Waals surface area contributed by atoms with Gasteiger partial charge in [0.25, 0.3) is 0 Å². The lowest BCUT2D eigenvalue weighted by Crippen LogP contribution is -1.80. The molecule has 13 aromatic rings. The molecule has 0 unspecified atom stereocenters. The van der Waals surface area contributed by atoms with Gasteiger partial charge in [0.1, 0.15) is 33.5 Å². The number of hydrogen-bond donors (Lipinski definition) is 0. The summed E-state index contributed by atoms with van der Waals surface area (Å²) in [5.74, 6) is 0. The summed E-state index contributed by atoms with van der Waals surface area (Å²) >= 11 is 0. The number of fused-ring (bicyclic) bond motifs is 13. The van der Waals surface area contributed by atoms with Crippen LogP contribution in [0.3, 0.4) is 0 Å². The Morgan fingerprint density at radius 1 is 0.207 bits per heavy atom. The molecule has 0 amide bonds. The average molecular weight is 743 g/mol. The molecule has 4 aromatic heterocycles. The van der Waals surface area contributed by atoms with Crippen molar-refractivity contribution < 1.29 is 17.7 Å². The van der Waals surface area contributed by atoms with Crippen LogP contribution in [0.4, 0.5) is 0 Å². The Labute approximate surface area is 330 Å². The predicted octanol–water partition coefficient (Wildman–Crippen LogP) is 16.0. The Morgan fingerprint density at radius 3 is 0.983 bits per heavy atom. The summed E-state index contributed by atoms with van der Waals surface area (Å²) in [7, 11) is 0. The van der Waals surface area contributed by atoms with E-state index in [4.69, 9.17) is 17.7 Å². The van der Waals surface area contributed by atoms with Crippen LogP contribution in [0.2, 0.25) is 0 Å². The molecule has 4 heteroatoms. The fourth-order valence-electron chi connectivity index (χ4n) is 9.08. The maximum Gasteiger partial charge on any atom is 0.178 e. The smallest absolute Gasteiger partial charge is 0.178 e. The van der Waals surface area contributed by atoms with Crippen molar-refractivity contribution >= 4 is 87.8 Å². The van der Waals surface area contributed by atoms with Gasteiger partial charge in [0.15, 0.2) is 11.2 Å². The topological polar surface area (TPSA) is 52.6 Å². The highest BCUT2D eigenvalue weighted by atomic mass is 16.4. The maximum atomic E-state index is 6.90. The first-order chi connectivity index (χ1) is 28.7. The average Bonchev–Trinajstić information content (AvgIpc) is 4.06. The van der Waals surface area contributed by atoms with Gasteiger partial charge in [0, 0.05) is 54.2 Å². The molecule has 0 fully saturated rings. The third-order valence-corrected chi connectivity index (χ3v) is 11.9. The second kappa shape index (κ2) is 11.8. The van der Waals surface area contributed by atoms with Gasteiger partial charge < -0.3 is 17.7 Å². The Hall–Kier alpha value is -7.82. The van der Waals surface area contributed by atoms with Crippen LogP contribution in [0.25, 0.3) is 132 Å². The normalized spacial score (nSPS) is 12.1. The van der Waals surface area contributed by atoms with E-state index in [2.05, 4.69) is 170 Å². The molecule has 0 bridgehead atoms. The molecule has 0 N–H and O–H groups in total. The van der Waals surface area contributed by atoms with E-state index in [0.29, 0.717) is 0 Å². The van der Waals surface area contributed by atoms with Crippen LogP contribution in [-0.4, -0.2) is 0 Å². The van der Waals surface area contributed by atoms with E-state index in [9.17, 15) is 0 Å². The van der Waals surface area contributed by atoms with Crippen LogP contribution in [0.15, 0.2) is 200 Å². The minimum absolute atomic E-state index is 0.745. The fraction of sp³-hybridized carbons (Fsp3) is 0. The van der Waals surface area contributed by atoms with Crippen molar-refractivity contribution in [3.8, 4) is 44.5 Å². The second-order valence-corrected chi connectivity index (χ2v) is 15.2. The Balaban J connectivity index is 0.956. The van der Waals surface area contributed by atoms with Crippen LogP contribution in [-0.2, 0) is 0 Å². The molecular weight excluding hydrogens is 713 g/mol. The molecule has 0 aliphatic rings. The highest BCUT2D eigenvalue weighted by molar-refractivity contribution is 6.22. The zero-order valence-corrected chi connectivity index (χ0v) is 31.0. The van der Waals surface area contributed by atoms with Crippen molar-refractivity contribution in [2.45, 2.75) is 0 Å². The summed E-state index contributed by atoms with van der Waals surface area (Å²) < 4.78 is 26.4. The lowest BCUT2D eigenvalue weighted by molar-refractivity contribution is 0.634. The molecule has 0 radical (unpaired) electrons. The molecule has 0 saturated heterocycles. The summed E-state index contributed by atoms with van der Waals surface area (Å²) in [6, 6.07) is 63.7. The molecule has 0 aliphatic carbocycles. The minimum Gasteiger partial charge on any atom is -0.456 e. The monoisotopic (exact) mass is 742 g/mol. The Morgan fingerprint density at radius 2 is 0.569 bits per heavy atom. The number of hydrogen-bond acceptors (Lipinski definition) is 4. The van der Waals surface area contributed by atoms with E-state index in [0.717, 1.165) is 121 Å². The second-order valence-electron chi connectivity index (χ2n) is 15.2. The first kappa shape index (κ1) is 31.4. The van der Waals surface area contributed by atoms with Gasteiger partial charge in [-0.15, -0.1) is 0 Å². The quantitative estimate of drug-likeness (QED) is 0.180. The third-order valence-electron chi connectivity index (χ3n) is 11.9. The molecule has 9 aromatic carbocycles. The van der Waals surface area contributed by atoms with Gasteiger partial charge in [-0.05, 0) is 94.0 Å². The predicted molar refractivity (Wildman–Crippen MR) is 237 cm³/mol. The molecular formula is C54H30O4. The lowest BCUT2D eigenvalue weighted by atomic mass is 9.98. The largest absolute Gasteiger partial charge is 0.456 e. The standard InChI is InChI=1S/C54H30O4/c1-3-9-31(10-4-1)33-17-23-47-43(27-33)45-29-35(19-25-49(45)55-47)37-13-7-15-39-41-21-22-42-40-16-8-14-38(52(40)58-54(42)53(41)57-51(37)39)36-20-26-50-46(30-36)44-28-34(18-24-48(44)56-50)32-11-5-2-6-12-32/h1-30H. The molecule has 0 saturated carbocycles. The summed E-state index contributed by atoms with van der Waals surface area (Å²) in [6.45, 7) is 0. The molecule has 0 spiro atoms. The number of para-hydroxylation sites is 2. The van der Waals surface area contributed by atoms with E-state index in [1.807, 2.05) is 12.1 Å². The van der Waals surface area contributed by atoms with Gasteiger partial charge in [-0.3, -0.25) is 0 Å². The molecule has 0 atom stereocenters. The van der Waals surface area contributed by atoms with Crippen molar-refractivity contribution in [2.24, 2.45) is 0 Å². The van der Waals surface area contributed by atoms with E-state index < -0.39 is 0 Å². The van der Waals surface area contributed by atoms with Gasteiger partial charge in [-0.1, -0.05) is 121 Å². The van der Waals surface area contributed by atoms with Crippen molar-refractivity contribution in [1.29, 1.82) is 0 Å². The van der Waals surface area contributed by atoms with E-state index >= 15 is 0 Å². The maximum absolute atomic E-state index is 6.90. The van der Waals surface area contributed by atoms with Crippen molar-refractivity contribution in [1.82, 2.24) is 0 Å². The summed E-state index contributed by atoms with van der Waals surface area (Å²) in [5.41, 5.74) is 15.4. The van der Waals surface area contributed by atoms with Crippen LogP contribution in [0.1, 0.15) is 0 Å². The molecule has 4 heterocycles. The number of rotatable bonds is 4. The number of benzene rings is 9. The SMILES string of the molecule is c1ccc(-c2ccc3oc4ccc(-c5cccc6c5oc5c6ccc6c7cccc(-c8ccc9oc%10ccc(-c%11ccccc%11)cc%10c9c8)c7oc65)cc4c3c2)cc1. The van der Waals surface area contributed by atoms with Crippen LogP contribution >= 0.6 is 0 Å². The van der Waals surface area contributed by atoms with Crippen molar-refractivity contribution in [3.63, 3.8) is 0 Å². The number of furan rings is 4. The van der Waals surface area contributed by atoms with Gasteiger partial charge in [-0.25, -0.2) is 0 Å². The van der Waals surface area contributed by atoms with Crippen LogP contribution in [0, 0.1) is 0 Å². The van der Waals surface area contributed by atoms with Gasteiger partial charge in [-0.2, -0.15) is 0 Å².